The summed E-state index contributed by atoms with van der Waals surface area (Å²) >= 11 is 0. The lowest BCUT2D eigenvalue weighted by atomic mass is 9.97. The number of ether oxygens (including phenoxy) is 1. The minimum atomic E-state index is 0.603. The molecular formula is C15H30O. The van der Waals surface area contributed by atoms with Crippen molar-refractivity contribution in [1.29, 1.82) is 0 Å². The molecule has 0 atom stereocenters. The highest BCUT2D eigenvalue weighted by Gasteiger charge is 2.41. The molecule has 0 aromatic heterocycles. The van der Waals surface area contributed by atoms with E-state index in [-0.39, 0.29) is 0 Å². The Kier molecular flexibility index (Phi) is 5.82. The van der Waals surface area contributed by atoms with E-state index in [1.807, 2.05) is 0 Å². The number of hydrogen-bond acceptors (Lipinski definition) is 1. The molecule has 0 unspecified atom stereocenters. The summed E-state index contributed by atoms with van der Waals surface area (Å²) in [6, 6.07) is 0. The Morgan fingerprint density at radius 3 is 2.19 bits per heavy atom. The summed E-state index contributed by atoms with van der Waals surface area (Å²) in [5, 5.41) is 0. The van der Waals surface area contributed by atoms with Gasteiger partial charge in [0.05, 0.1) is 6.61 Å². The molecular weight excluding hydrogens is 196 g/mol. The van der Waals surface area contributed by atoms with Gasteiger partial charge in [0.15, 0.2) is 0 Å². The molecule has 1 aliphatic rings. The molecule has 1 nitrogen and oxygen atoms in total. The smallest absolute Gasteiger partial charge is 0.0522 e. The second kappa shape index (κ2) is 6.64. The van der Waals surface area contributed by atoms with Gasteiger partial charge in [-0.15, -0.1) is 0 Å². The van der Waals surface area contributed by atoms with Crippen LogP contribution in [0.5, 0.6) is 0 Å². The maximum absolute atomic E-state index is 5.80. The van der Waals surface area contributed by atoms with Crippen molar-refractivity contribution in [3.05, 3.63) is 0 Å². The zero-order chi connectivity index (χ0) is 12.0. The fraction of sp³-hybridized carbons (Fsp3) is 1.00. The molecule has 1 fully saturated rings. The molecule has 0 N–H and O–H groups in total. The molecule has 1 rings (SSSR count). The third-order valence-corrected chi connectivity index (χ3v) is 3.56. The van der Waals surface area contributed by atoms with Crippen LogP contribution in [0.15, 0.2) is 0 Å². The first-order chi connectivity index (χ1) is 7.54. The van der Waals surface area contributed by atoms with Crippen molar-refractivity contribution >= 4 is 0 Å². The highest BCUT2D eigenvalue weighted by atomic mass is 16.5. The highest BCUT2D eigenvalue weighted by Crippen LogP contribution is 2.50. The van der Waals surface area contributed by atoms with Gasteiger partial charge in [-0.3, -0.25) is 0 Å². The van der Waals surface area contributed by atoms with E-state index in [2.05, 4.69) is 27.7 Å². The average molecular weight is 226 g/mol. The van der Waals surface area contributed by atoms with Gasteiger partial charge < -0.3 is 4.74 Å². The van der Waals surface area contributed by atoms with Gasteiger partial charge in [-0.1, -0.05) is 47.0 Å². The van der Waals surface area contributed by atoms with E-state index in [1.165, 1.54) is 38.5 Å². The molecule has 0 bridgehead atoms. The van der Waals surface area contributed by atoms with E-state index in [4.69, 9.17) is 4.74 Å². The third kappa shape index (κ3) is 5.89. The van der Waals surface area contributed by atoms with Crippen LogP contribution in [0.25, 0.3) is 0 Å². The van der Waals surface area contributed by atoms with Crippen molar-refractivity contribution < 1.29 is 4.74 Å². The predicted molar refractivity (Wildman–Crippen MR) is 70.6 cm³/mol. The van der Waals surface area contributed by atoms with Crippen molar-refractivity contribution in [1.82, 2.24) is 0 Å². The van der Waals surface area contributed by atoms with Crippen molar-refractivity contribution in [3.8, 4) is 0 Å². The summed E-state index contributed by atoms with van der Waals surface area (Å²) in [6.45, 7) is 11.0. The lowest BCUT2D eigenvalue weighted by Crippen LogP contribution is -2.13. The third-order valence-electron chi connectivity index (χ3n) is 3.56. The summed E-state index contributed by atoms with van der Waals surface area (Å²) in [5.74, 6) is 1.55. The summed E-state index contributed by atoms with van der Waals surface area (Å²) < 4.78 is 5.80. The molecule has 0 aromatic carbocycles. The Morgan fingerprint density at radius 2 is 1.69 bits per heavy atom. The van der Waals surface area contributed by atoms with Gasteiger partial charge >= 0.3 is 0 Å². The van der Waals surface area contributed by atoms with Gasteiger partial charge in [0.2, 0.25) is 0 Å². The fourth-order valence-electron chi connectivity index (χ4n) is 2.21. The fourth-order valence-corrected chi connectivity index (χ4v) is 2.21. The largest absolute Gasteiger partial charge is 0.381 e. The van der Waals surface area contributed by atoms with E-state index >= 15 is 0 Å². The Bertz CT molecular complexity index is 180. The van der Waals surface area contributed by atoms with Crippen LogP contribution in [0.4, 0.5) is 0 Å². The van der Waals surface area contributed by atoms with Crippen LogP contribution in [0.2, 0.25) is 0 Å². The minimum Gasteiger partial charge on any atom is -0.381 e. The van der Waals surface area contributed by atoms with E-state index in [1.54, 1.807) is 0 Å². The number of hydrogen-bond donors (Lipinski definition) is 0. The number of unbranched alkanes of at least 4 members (excludes halogenated alkanes) is 1. The first kappa shape index (κ1) is 14.0. The number of rotatable bonds is 9. The monoisotopic (exact) mass is 226 g/mol. The van der Waals surface area contributed by atoms with Crippen molar-refractivity contribution in [2.75, 3.05) is 13.2 Å². The van der Waals surface area contributed by atoms with Crippen molar-refractivity contribution in [2.24, 2.45) is 17.3 Å². The van der Waals surface area contributed by atoms with Gasteiger partial charge in [-0.2, -0.15) is 0 Å². The van der Waals surface area contributed by atoms with Gasteiger partial charge in [0, 0.05) is 6.61 Å². The second-order valence-electron chi connectivity index (χ2n) is 6.55. The summed E-state index contributed by atoms with van der Waals surface area (Å²) in [7, 11) is 0. The molecule has 1 heteroatoms. The van der Waals surface area contributed by atoms with Crippen LogP contribution >= 0.6 is 0 Å². The Morgan fingerprint density at radius 1 is 1.00 bits per heavy atom. The van der Waals surface area contributed by atoms with Crippen molar-refractivity contribution in [2.45, 2.75) is 66.2 Å². The predicted octanol–water partition coefficient (Wildman–Crippen LogP) is 4.66. The first-order valence-electron chi connectivity index (χ1n) is 7.12. The van der Waals surface area contributed by atoms with E-state index < -0.39 is 0 Å². The maximum Gasteiger partial charge on any atom is 0.0522 e. The topological polar surface area (TPSA) is 9.23 Å². The van der Waals surface area contributed by atoms with Gasteiger partial charge in [0.25, 0.3) is 0 Å². The lowest BCUT2D eigenvalue weighted by molar-refractivity contribution is 0.0673. The quantitative estimate of drug-likeness (QED) is 0.520. The van der Waals surface area contributed by atoms with E-state index in [9.17, 15) is 0 Å². The SMILES string of the molecule is CC(C)CCCCC1(COCC(C)C)CC1. The Balaban J connectivity index is 2.02. The van der Waals surface area contributed by atoms with Crippen LogP contribution in [0, 0.1) is 17.3 Å². The standard InChI is InChI=1S/C15H30O/c1-13(2)7-5-6-8-15(9-10-15)12-16-11-14(3)4/h13-14H,5-12H2,1-4H3. The van der Waals surface area contributed by atoms with Gasteiger partial charge in [-0.25, -0.2) is 0 Å². The normalized spacial score (nSPS) is 18.4. The van der Waals surface area contributed by atoms with Gasteiger partial charge in [-0.05, 0) is 36.5 Å². The molecule has 0 radical (unpaired) electrons. The first-order valence-corrected chi connectivity index (χ1v) is 7.12. The Hall–Kier alpha value is -0.0400. The van der Waals surface area contributed by atoms with E-state index in [0.29, 0.717) is 11.3 Å². The molecule has 1 saturated carbocycles. The van der Waals surface area contributed by atoms with Crippen LogP contribution < -0.4 is 0 Å². The Labute approximate surface area is 102 Å². The van der Waals surface area contributed by atoms with Crippen LogP contribution in [-0.4, -0.2) is 13.2 Å². The zero-order valence-corrected chi connectivity index (χ0v) is 11.7. The molecule has 0 spiro atoms. The lowest BCUT2D eigenvalue weighted by Gasteiger charge is -2.16. The molecule has 0 aromatic rings. The second-order valence-corrected chi connectivity index (χ2v) is 6.55. The highest BCUT2D eigenvalue weighted by molar-refractivity contribution is 4.92. The van der Waals surface area contributed by atoms with Crippen LogP contribution in [0.1, 0.15) is 66.2 Å². The van der Waals surface area contributed by atoms with Crippen LogP contribution in [-0.2, 0) is 4.74 Å². The van der Waals surface area contributed by atoms with E-state index in [0.717, 1.165) is 19.1 Å². The summed E-state index contributed by atoms with van der Waals surface area (Å²) in [6.07, 6.45) is 8.42. The molecule has 0 amide bonds. The molecule has 0 saturated heterocycles. The molecule has 96 valence electrons. The summed E-state index contributed by atoms with van der Waals surface area (Å²) in [5.41, 5.74) is 0.603. The molecule has 0 aliphatic heterocycles. The minimum absolute atomic E-state index is 0.603. The average Bonchev–Trinajstić information content (AvgIpc) is 2.93. The van der Waals surface area contributed by atoms with Crippen molar-refractivity contribution in [3.63, 3.8) is 0 Å². The maximum atomic E-state index is 5.80. The van der Waals surface area contributed by atoms with Gasteiger partial charge in [0.1, 0.15) is 0 Å². The molecule has 0 heterocycles. The molecule has 16 heavy (non-hydrogen) atoms. The van der Waals surface area contributed by atoms with Crippen LogP contribution in [0.3, 0.4) is 0 Å². The molecule has 1 aliphatic carbocycles. The summed E-state index contributed by atoms with van der Waals surface area (Å²) in [4.78, 5) is 0. The zero-order valence-electron chi connectivity index (χ0n) is 11.7.